The molecule has 1 saturated heterocycles. The van der Waals surface area contributed by atoms with Crippen LogP contribution in [0.5, 0.6) is 5.75 Å². The number of rotatable bonds is 8. The number of thioether (sulfide) groups is 1. The van der Waals surface area contributed by atoms with Crippen molar-refractivity contribution >= 4 is 35.6 Å². The summed E-state index contributed by atoms with van der Waals surface area (Å²) in [6.45, 7) is 1.55. The van der Waals surface area contributed by atoms with Crippen LogP contribution in [-0.2, 0) is 23.9 Å². The van der Waals surface area contributed by atoms with Gasteiger partial charge in [0.1, 0.15) is 17.8 Å². The number of urea groups is 1. The van der Waals surface area contributed by atoms with Crippen molar-refractivity contribution in [3.8, 4) is 5.75 Å². The lowest BCUT2D eigenvalue weighted by Gasteiger charge is -2.33. The predicted octanol–water partition coefficient (Wildman–Crippen LogP) is 0.442. The predicted molar refractivity (Wildman–Crippen MR) is 114 cm³/mol. The second kappa shape index (κ2) is 9.49. The Kier molecular flexibility index (Phi) is 6.94. The number of nitrogens with one attached hydrogen (secondary N) is 3. The largest absolute Gasteiger partial charge is 0.497 e. The maximum atomic E-state index is 13.3. The molecular weight excluding hydrogens is 440 g/mol. The van der Waals surface area contributed by atoms with Gasteiger partial charge in [-0.3, -0.25) is 9.59 Å². The number of carbonyl (C=O) groups excluding carboxylic acids is 4. The van der Waals surface area contributed by atoms with E-state index in [1.54, 1.807) is 36.6 Å². The number of carbonyl (C=O) groups is 4. The minimum absolute atomic E-state index is 0.527. The molecule has 4 amide bonds. The molecule has 0 spiro atoms. The molecule has 0 aliphatic carbocycles. The number of esters is 1. The number of methoxy groups -OCH3 is 3. The van der Waals surface area contributed by atoms with E-state index in [0.29, 0.717) is 11.3 Å². The Bertz CT molecular complexity index is 928. The first kappa shape index (κ1) is 23.4. The Morgan fingerprint density at radius 1 is 1.19 bits per heavy atom. The Morgan fingerprint density at radius 2 is 1.88 bits per heavy atom. The van der Waals surface area contributed by atoms with Crippen LogP contribution >= 0.6 is 11.8 Å². The summed E-state index contributed by atoms with van der Waals surface area (Å²) < 4.78 is 15.2. The normalized spacial score (nSPS) is 23.9. The van der Waals surface area contributed by atoms with E-state index >= 15 is 0 Å². The van der Waals surface area contributed by atoms with Crippen LogP contribution in [0.4, 0.5) is 4.79 Å². The minimum Gasteiger partial charge on any atom is -0.497 e. The third-order valence-electron chi connectivity index (χ3n) is 5.15. The minimum atomic E-state index is -1.62. The zero-order chi connectivity index (χ0) is 23.5. The van der Waals surface area contributed by atoms with E-state index < -0.39 is 47.0 Å². The second-order valence-corrected chi connectivity index (χ2v) is 8.10. The van der Waals surface area contributed by atoms with Gasteiger partial charge in [0.2, 0.25) is 5.91 Å². The maximum Gasteiger partial charge on any atom is 0.364 e. The van der Waals surface area contributed by atoms with Gasteiger partial charge in [0.05, 0.1) is 20.3 Å². The van der Waals surface area contributed by atoms with E-state index in [1.807, 2.05) is 0 Å². The second-order valence-electron chi connectivity index (χ2n) is 6.98. The van der Waals surface area contributed by atoms with Crippen LogP contribution in [0.3, 0.4) is 0 Å². The van der Waals surface area contributed by atoms with Gasteiger partial charge in [0, 0.05) is 13.3 Å². The van der Waals surface area contributed by atoms with Crippen molar-refractivity contribution in [3.05, 3.63) is 41.4 Å². The molecule has 3 N–H and O–H groups in total. The van der Waals surface area contributed by atoms with E-state index in [-0.39, 0.29) is 0 Å². The van der Waals surface area contributed by atoms with Crippen LogP contribution in [-0.4, -0.2) is 67.2 Å². The molecule has 11 nitrogen and oxygen atoms in total. The lowest BCUT2D eigenvalue weighted by molar-refractivity contribution is -0.149. The fourth-order valence-electron chi connectivity index (χ4n) is 3.39. The van der Waals surface area contributed by atoms with Gasteiger partial charge in [0.25, 0.3) is 10.9 Å². The molecule has 4 atom stereocenters. The van der Waals surface area contributed by atoms with Crippen LogP contribution in [0.1, 0.15) is 18.5 Å². The van der Waals surface area contributed by atoms with Crippen molar-refractivity contribution in [2.45, 2.75) is 30.1 Å². The fraction of sp³-hybridized carbons (Fsp3) is 0.400. The SMILES string of the molecule is COC(=O)C1(NC(=O)[C@H]([C@@H](C)OC)N2C(=O)N[C@H](c3ccc(OC)cc3)C2=O)NC=CS1. The monoisotopic (exact) mass is 464 g/mol. The molecule has 0 saturated carbocycles. The number of amides is 4. The number of benzene rings is 1. The molecule has 2 aliphatic heterocycles. The first-order valence-corrected chi connectivity index (χ1v) is 10.5. The quantitative estimate of drug-likeness (QED) is 0.370. The van der Waals surface area contributed by atoms with Gasteiger partial charge in [-0.1, -0.05) is 23.9 Å². The highest BCUT2D eigenvalue weighted by atomic mass is 32.2. The van der Waals surface area contributed by atoms with Gasteiger partial charge < -0.3 is 30.2 Å². The van der Waals surface area contributed by atoms with Crippen molar-refractivity contribution in [2.75, 3.05) is 21.3 Å². The van der Waals surface area contributed by atoms with E-state index in [4.69, 9.17) is 14.2 Å². The van der Waals surface area contributed by atoms with Crippen molar-refractivity contribution < 1.29 is 33.4 Å². The van der Waals surface area contributed by atoms with Crippen LogP contribution in [0.2, 0.25) is 0 Å². The van der Waals surface area contributed by atoms with Crippen molar-refractivity contribution in [1.29, 1.82) is 0 Å². The maximum absolute atomic E-state index is 13.3. The van der Waals surface area contributed by atoms with E-state index in [9.17, 15) is 19.2 Å². The summed E-state index contributed by atoms with van der Waals surface area (Å²) in [5, 5.41) is 9.46. The third-order valence-corrected chi connectivity index (χ3v) is 6.17. The smallest absolute Gasteiger partial charge is 0.364 e. The topological polar surface area (TPSA) is 135 Å². The molecular formula is C20H24N4O7S. The lowest BCUT2D eigenvalue weighted by atomic mass is 10.0. The molecule has 2 heterocycles. The molecule has 1 fully saturated rings. The average molecular weight is 465 g/mol. The molecule has 0 radical (unpaired) electrons. The van der Waals surface area contributed by atoms with Crippen LogP contribution in [0, 0.1) is 0 Å². The molecule has 0 aromatic heterocycles. The highest BCUT2D eigenvalue weighted by molar-refractivity contribution is 8.04. The van der Waals surface area contributed by atoms with Crippen LogP contribution < -0.4 is 20.7 Å². The molecule has 1 aromatic carbocycles. The average Bonchev–Trinajstić information content (AvgIpc) is 3.39. The molecule has 2 aliphatic rings. The molecule has 0 bridgehead atoms. The number of ether oxygens (including phenoxy) is 3. The summed E-state index contributed by atoms with van der Waals surface area (Å²) in [5.74, 6) is -1.55. The first-order valence-electron chi connectivity index (χ1n) is 9.59. The van der Waals surface area contributed by atoms with Gasteiger partial charge in [-0.25, -0.2) is 14.5 Å². The van der Waals surface area contributed by atoms with Gasteiger partial charge in [-0.15, -0.1) is 0 Å². The third kappa shape index (κ3) is 4.23. The number of hydrogen-bond donors (Lipinski definition) is 3. The van der Waals surface area contributed by atoms with Crippen molar-refractivity contribution in [3.63, 3.8) is 0 Å². The number of imide groups is 1. The fourth-order valence-corrected chi connectivity index (χ4v) is 4.20. The zero-order valence-electron chi connectivity index (χ0n) is 17.9. The summed E-state index contributed by atoms with van der Waals surface area (Å²) in [4.78, 5) is 50.7. The Morgan fingerprint density at radius 3 is 2.41 bits per heavy atom. The molecule has 32 heavy (non-hydrogen) atoms. The molecule has 172 valence electrons. The number of hydrogen-bond acceptors (Lipinski definition) is 9. The van der Waals surface area contributed by atoms with Gasteiger partial charge in [-0.2, -0.15) is 0 Å². The highest BCUT2D eigenvalue weighted by Crippen LogP contribution is 2.30. The summed E-state index contributed by atoms with van der Waals surface area (Å²) in [6.07, 6.45) is 0.609. The van der Waals surface area contributed by atoms with E-state index in [2.05, 4.69) is 16.0 Å². The van der Waals surface area contributed by atoms with E-state index in [1.165, 1.54) is 27.5 Å². The summed E-state index contributed by atoms with van der Waals surface area (Å²) in [7, 11) is 4.05. The summed E-state index contributed by atoms with van der Waals surface area (Å²) in [6, 6.07) is 3.54. The molecule has 3 rings (SSSR count). The first-order chi connectivity index (χ1) is 15.3. The Balaban J connectivity index is 1.88. The van der Waals surface area contributed by atoms with E-state index in [0.717, 1.165) is 16.7 Å². The Labute approximate surface area is 188 Å². The van der Waals surface area contributed by atoms with Crippen LogP contribution in [0.25, 0.3) is 0 Å². The van der Waals surface area contributed by atoms with Gasteiger partial charge >= 0.3 is 12.0 Å². The van der Waals surface area contributed by atoms with Gasteiger partial charge in [-0.05, 0) is 30.0 Å². The van der Waals surface area contributed by atoms with Crippen molar-refractivity contribution in [2.24, 2.45) is 0 Å². The molecule has 1 aromatic rings. The van der Waals surface area contributed by atoms with Gasteiger partial charge in [0.15, 0.2) is 0 Å². The highest BCUT2D eigenvalue weighted by Gasteiger charge is 2.51. The Hall–Kier alpha value is -3.25. The molecule has 12 heteroatoms. The summed E-state index contributed by atoms with van der Waals surface area (Å²) in [5.41, 5.74) is 0.527. The number of nitrogens with zero attached hydrogens (tertiary/aromatic N) is 1. The van der Waals surface area contributed by atoms with Crippen LogP contribution in [0.15, 0.2) is 35.9 Å². The zero-order valence-corrected chi connectivity index (χ0v) is 18.7. The standard InChI is InChI=1S/C20H24N4O7S/c1-11(29-2)15(16(25)23-20(18(27)31-4)21-9-10-32-20)24-17(26)14(22-19(24)28)12-5-7-13(30-3)8-6-12/h5-11,14-15,21H,1-4H3,(H,22,28)(H,23,25)/t11-,14-,15+,20?/m1/s1. The van der Waals surface area contributed by atoms with Crippen molar-refractivity contribution in [1.82, 2.24) is 20.9 Å². The molecule has 1 unspecified atom stereocenters. The lowest BCUT2D eigenvalue weighted by Crippen LogP contribution is -2.64. The summed E-state index contributed by atoms with van der Waals surface area (Å²) >= 11 is 0.978.